The van der Waals surface area contributed by atoms with E-state index in [2.05, 4.69) is 0 Å². The highest BCUT2D eigenvalue weighted by Gasteiger charge is 2.30. The topological polar surface area (TPSA) is 108 Å². The van der Waals surface area contributed by atoms with Crippen molar-refractivity contribution >= 4 is 12.1 Å². The van der Waals surface area contributed by atoms with E-state index >= 15 is 0 Å². The van der Waals surface area contributed by atoms with E-state index in [1.165, 1.54) is 4.90 Å². The number of nitrogens with zero attached hydrogens (tertiary/aromatic N) is 2. The third-order valence-electron chi connectivity index (χ3n) is 2.80. The summed E-state index contributed by atoms with van der Waals surface area (Å²) < 4.78 is 10.8. The van der Waals surface area contributed by atoms with Crippen LogP contribution in [-0.4, -0.2) is 33.9 Å². The molecule has 0 saturated carbocycles. The highest BCUT2D eigenvalue weighted by atomic mass is 16.6. The molecule has 2 rings (SSSR count). The lowest BCUT2D eigenvalue weighted by Crippen LogP contribution is -2.40. The van der Waals surface area contributed by atoms with Crippen LogP contribution in [0, 0.1) is 0 Å². The molecule has 1 aliphatic heterocycles. The summed E-state index contributed by atoms with van der Waals surface area (Å²) in [6, 6.07) is -0.979. The van der Waals surface area contributed by atoms with Gasteiger partial charge in [-0.15, -0.1) is 0 Å². The molecule has 2 heterocycles. The van der Waals surface area contributed by atoms with Gasteiger partial charge in [0, 0.05) is 6.54 Å². The molecule has 0 aromatic carbocycles. The maximum atomic E-state index is 11.9. The lowest BCUT2D eigenvalue weighted by Gasteiger charge is -2.28. The molecule has 8 heteroatoms. The number of nitrogens with two attached hydrogens (primary N) is 1. The Hall–Kier alpha value is -2.25. The van der Waals surface area contributed by atoms with Crippen LogP contribution in [0.1, 0.15) is 32.1 Å². The first-order chi connectivity index (χ1) is 9.19. The van der Waals surface area contributed by atoms with E-state index in [1.807, 2.05) is 0 Å². The summed E-state index contributed by atoms with van der Waals surface area (Å²) in [5, 5.41) is 0. The maximum absolute atomic E-state index is 11.9. The molecule has 2 N–H and O–H groups in total. The lowest BCUT2D eigenvalue weighted by atomic mass is 10.1. The molecule has 20 heavy (non-hydrogen) atoms. The number of fused-ring (bicyclic) bond motifs is 1. The van der Waals surface area contributed by atoms with E-state index in [9.17, 15) is 14.4 Å². The van der Waals surface area contributed by atoms with Crippen LogP contribution in [0.3, 0.4) is 0 Å². The number of hydrogen-bond donors (Lipinski definition) is 1. The van der Waals surface area contributed by atoms with Crippen LogP contribution in [-0.2, 0) is 17.7 Å². The first-order valence-corrected chi connectivity index (χ1v) is 6.21. The molecule has 0 unspecified atom stereocenters. The third kappa shape index (κ3) is 2.68. The molecular formula is C12H17N3O5. The van der Waals surface area contributed by atoms with E-state index in [1.54, 1.807) is 20.8 Å². The zero-order valence-corrected chi connectivity index (χ0v) is 11.6. The maximum Gasteiger partial charge on any atom is 0.410 e. The fourth-order valence-electron chi connectivity index (χ4n) is 1.95. The zero-order valence-electron chi connectivity index (χ0n) is 11.6. The van der Waals surface area contributed by atoms with Gasteiger partial charge in [-0.1, -0.05) is 4.74 Å². The number of hydrogen-bond acceptors (Lipinski definition) is 5. The summed E-state index contributed by atoms with van der Waals surface area (Å²) in [6.45, 7) is 5.72. The molecule has 1 aromatic rings. The van der Waals surface area contributed by atoms with Gasteiger partial charge in [0.15, 0.2) is 5.76 Å². The zero-order chi connectivity index (χ0) is 15.1. The number of aromatic nitrogens is 1. The summed E-state index contributed by atoms with van der Waals surface area (Å²) in [5.41, 5.74) is 4.25. The van der Waals surface area contributed by atoms with Crippen molar-refractivity contribution in [3.8, 4) is 0 Å². The Bertz CT molecular complexity index is 608. The average Bonchev–Trinajstić information content (AvgIpc) is 2.64. The highest BCUT2D eigenvalue weighted by Crippen LogP contribution is 2.19. The second-order valence-electron chi connectivity index (χ2n) is 5.58. The smallest absolute Gasteiger partial charge is 0.410 e. The number of carbonyl (C=O) groups excluding carboxylic acids is 2. The van der Waals surface area contributed by atoms with E-state index in [4.69, 9.17) is 15.0 Å². The van der Waals surface area contributed by atoms with Gasteiger partial charge in [0.2, 0.25) is 0 Å². The molecule has 0 aliphatic carbocycles. The minimum absolute atomic E-state index is 0.0831. The highest BCUT2D eigenvalue weighted by molar-refractivity contribution is 5.73. The Morgan fingerprint density at radius 3 is 2.55 bits per heavy atom. The van der Waals surface area contributed by atoms with Crippen LogP contribution in [0.15, 0.2) is 9.32 Å². The standard InChI is InChI=1S/C12H17N3O5/c1-12(2,3)19-11(18)14-5-4-7-8(6-14)20-15(9(7)16)10(13)17/h4-6H2,1-3H3,(H2,13,17). The predicted octanol–water partition coefficient (Wildman–Crippen LogP) is 0.661. The molecular weight excluding hydrogens is 266 g/mol. The number of rotatable bonds is 0. The van der Waals surface area contributed by atoms with Gasteiger partial charge in [-0.2, -0.15) is 0 Å². The van der Waals surface area contributed by atoms with Crippen molar-refractivity contribution in [2.75, 3.05) is 6.54 Å². The van der Waals surface area contributed by atoms with Crippen molar-refractivity contribution in [3.05, 3.63) is 21.7 Å². The number of ether oxygens (including phenoxy) is 1. The van der Waals surface area contributed by atoms with Crippen LogP contribution >= 0.6 is 0 Å². The molecule has 1 aromatic heterocycles. The van der Waals surface area contributed by atoms with Gasteiger partial charge in [-0.3, -0.25) is 4.79 Å². The molecule has 8 nitrogen and oxygen atoms in total. The van der Waals surface area contributed by atoms with Crippen molar-refractivity contribution in [2.24, 2.45) is 5.73 Å². The summed E-state index contributed by atoms with van der Waals surface area (Å²) in [4.78, 5) is 36.2. The van der Waals surface area contributed by atoms with Crippen molar-refractivity contribution in [3.63, 3.8) is 0 Å². The van der Waals surface area contributed by atoms with Crippen molar-refractivity contribution in [1.29, 1.82) is 0 Å². The van der Waals surface area contributed by atoms with Crippen LogP contribution in [0.25, 0.3) is 0 Å². The fraction of sp³-hybridized carbons (Fsp3) is 0.583. The molecule has 0 fully saturated rings. The molecule has 0 radical (unpaired) electrons. The normalized spacial score (nSPS) is 14.8. The van der Waals surface area contributed by atoms with Gasteiger partial charge in [-0.25, -0.2) is 9.59 Å². The predicted molar refractivity (Wildman–Crippen MR) is 68.3 cm³/mol. The van der Waals surface area contributed by atoms with Crippen LogP contribution in [0.5, 0.6) is 0 Å². The summed E-state index contributed by atoms with van der Waals surface area (Å²) >= 11 is 0. The number of carbonyl (C=O) groups is 2. The van der Waals surface area contributed by atoms with Gasteiger partial charge in [0.1, 0.15) is 5.60 Å². The van der Waals surface area contributed by atoms with Crippen molar-refractivity contribution in [1.82, 2.24) is 9.64 Å². The Labute approximate surface area is 115 Å². The number of primary amides is 1. The van der Waals surface area contributed by atoms with E-state index in [-0.39, 0.29) is 12.3 Å². The van der Waals surface area contributed by atoms with Gasteiger partial charge in [0.05, 0.1) is 12.1 Å². The quantitative estimate of drug-likeness (QED) is 0.752. The Morgan fingerprint density at radius 2 is 2.00 bits per heavy atom. The summed E-state index contributed by atoms with van der Waals surface area (Å²) in [6.07, 6.45) is -0.186. The Kier molecular flexibility index (Phi) is 3.33. The molecule has 0 bridgehead atoms. The van der Waals surface area contributed by atoms with Crippen molar-refractivity contribution < 1.29 is 18.8 Å². The Morgan fingerprint density at radius 1 is 1.35 bits per heavy atom. The second-order valence-corrected chi connectivity index (χ2v) is 5.58. The fourth-order valence-corrected chi connectivity index (χ4v) is 1.95. The average molecular weight is 283 g/mol. The van der Waals surface area contributed by atoms with Crippen LogP contribution < -0.4 is 11.3 Å². The molecule has 0 atom stereocenters. The molecule has 110 valence electrons. The van der Waals surface area contributed by atoms with Gasteiger partial charge >= 0.3 is 12.1 Å². The van der Waals surface area contributed by atoms with Crippen LogP contribution in [0.2, 0.25) is 0 Å². The molecule has 1 aliphatic rings. The first-order valence-electron chi connectivity index (χ1n) is 6.21. The van der Waals surface area contributed by atoms with E-state index in [0.717, 1.165) is 0 Å². The lowest BCUT2D eigenvalue weighted by molar-refractivity contribution is 0.0203. The van der Waals surface area contributed by atoms with Crippen molar-refractivity contribution in [2.45, 2.75) is 39.3 Å². The SMILES string of the molecule is CC(C)(C)OC(=O)N1CCc2c(on(C(N)=O)c2=O)C1. The third-order valence-corrected chi connectivity index (χ3v) is 2.80. The first kappa shape index (κ1) is 14.2. The molecule has 0 saturated heterocycles. The van der Waals surface area contributed by atoms with Gasteiger partial charge in [0.25, 0.3) is 5.56 Å². The minimum Gasteiger partial charge on any atom is -0.444 e. The van der Waals surface area contributed by atoms with Gasteiger partial charge in [-0.05, 0) is 27.2 Å². The Balaban J connectivity index is 2.20. The molecule has 0 spiro atoms. The number of amides is 2. The minimum atomic E-state index is -0.979. The van der Waals surface area contributed by atoms with Crippen LogP contribution in [0.4, 0.5) is 9.59 Å². The summed E-state index contributed by atoms with van der Waals surface area (Å²) in [5.74, 6) is 0.269. The summed E-state index contributed by atoms with van der Waals surface area (Å²) in [7, 11) is 0. The monoisotopic (exact) mass is 283 g/mol. The molecule has 2 amide bonds. The van der Waals surface area contributed by atoms with E-state index < -0.39 is 23.3 Å². The van der Waals surface area contributed by atoms with Gasteiger partial charge < -0.3 is 19.9 Å². The van der Waals surface area contributed by atoms with E-state index in [0.29, 0.717) is 23.3 Å². The second kappa shape index (κ2) is 4.69. The largest absolute Gasteiger partial charge is 0.444 e.